The van der Waals surface area contributed by atoms with Crippen LogP contribution in [0.2, 0.25) is 0 Å². The molecule has 0 aliphatic rings. The van der Waals surface area contributed by atoms with Gasteiger partial charge in [-0.05, 0) is 48.9 Å². The normalized spacial score (nSPS) is 11.9. The van der Waals surface area contributed by atoms with Crippen LogP contribution in [0.25, 0.3) is 0 Å². The zero-order chi connectivity index (χ0) is 14.4. The number of ether oxygens (including phenoxy) is 1. The van der Waals surface area contributed by atoms with Gasteiger partial charge < -0.3 is 15.2 Å². The lowest BCUT2D eigenvalue weighted by Gasteiger charge is -2.13. The van der Waals surface area contributed by atoms with Crippen molar-refractivity contribution < 1.29 is 14.2 Å². The number of hydrogen-bond donors (Lipinski definition) is 2. The van der Waals surface area contributed by atoms with E-state index in [1.165, 1.54) is 12.1 Å². The summed E-state index contributed by atoms with van der Waals surface area (Å²) in [6.45, 7) is 2.88. The van der Waals surface area contributed by atoms with E-state index < -0.39 is 6.10 Å². The van der Waals surface area contributed by atoms with Crippen LogP contribution in [0.15, 0.2) is 48.5 Å². The second-order valence-corrected chi connectivity index (χ2v) is 4.41. The van der Waals surface area contributed by atoms with E-state index in [2.05, 4.69) is 5.32 Å². The van der Waals surface area contributed by atoms with Gasteiger partial charge in [-0.3, -0.25) is 0 Å². The van der Waals surface area contributed by atoms with Gasteiger partial charge in [0.15, 0.2) is 0 Å². The second-order valence-electron chi connectivity index (χ2n) is 4.41. The lowest BCUT2D eigenvalue weighted by molar-refractivity contribution is 0.191. The summed E-state index contributed by atoms with van der Waals surface area (Å²) in [7, 11) is 0. The highest BCUT2D eigenvalue weighted by Crippen LogP contribution is 2.18. The fraction of sp³-hybridized carbons (Fsp3) is 0.250. The molecule has 0 heterocycles. The summed E-state index contributed by atoms with van der Waals surface area (Å²) in [6.07, 6.45) is -0.753. The summed E-state index contributed by atoms with van der Waals surface area (Å²) in [5, 5.41) is 13.1. The Balaban J connectivity index is 1.91. The molecule has 1 atom stereocenters. The number of rotatable bonds is 6. The first-order valence-electron chi connectivity index (χ1n) is 6.59. The maximum atomic E-state index is 13.1. The van der Waals surface area contributed by atoms with Crippen LogP contribution in [-0.2, 0) is 0 Å². The number of hydrogen-bond acceptors (Lipinski definition) is 3. The minimum atomic E-state index is -0.753. The highest BCUT2D eigenvalue weighted by atomic mass is 19.1. The smallest absolute Gasteiger partial charge is 0.123 e. The predicted octanol–water partition coefficient (Wildman–Crippen LogP) is 3.37. The number of aliphatic hydroxyl groups excluding tert-OH is 1. The third-order valence-electron chi connectivity index (χ3n) is 2.90. The Kier molecular flexibility index (Phi) is 4.96. The molecule has 1 unspecified atom stereocenters. The summed E-state index contributed by atoms with van der Waals surface area (Å²) in [5.74, 6) is 0.464. The third-order valence-corrected chi connectivity index (χ3v) is 2.90. The van der Waals surface area contributed by atoms with Crippen molar-refractivity contribution in [3.8, 4) is 5.75 Å². The molecule has 106 valence electrons. The molecule has 0 aromatic heterocycles. The summed E-state index contributed by atoms with van der Waals surface area (Å²) in [6, 6.07) is 13.5. The highest BCUT2D eigenvalue weighted by Gasteiger charge is 2.08. The highest BCUT2D eigenvalue weighted by molar-refractivity contribution is 5.46. The first kappa shape index (κ1) is 14.3. The molecule has 0 radical (unpaired) electrons. The third kappa shape index (κ3) is 3.96. The molecule has 0 saturated heterocycles. The average molecular weight is 275 g/mol. The maximum absolute atomic E-state index is 13.1. The molecule has 2 rings (SSSR count). The Labute approximate surface area is 118 Å². The molecule has 0 aliphatic carbocycles. The van der Waals surface area contributed by atoms with Crippen molar-refractivity contribution in [3.05, 3.63) is 59.9 Å². The standard InChI is InChI=1S/C16H18FNO2/c1-2-20-15-8-6-14(7-9-15)18-11-16(19)12-4-3-5-13(17)10-12/h3-10,16,18-19H,2,11H2,1H3. The lowest BCUT2D eigenvalue weighted by Crippen LogP contribution is -2.12. The van der Waals surface area contributed by atoms with Crippen LogP contribution in [0, 0.1) is 5.82 Å². The number of anilines is 1. The fourth-order valence-electron chi connectivity index (χ4n) is 1.88. The van der Waals surface area contributed by atoms with E-state index in [1.807, 2.05) is 31.2 Å². The molecule has 0 fully saturated rings. The van der Waals surface area contributed by atoms with E-state index in [0.29, 0.717) is 18.7 Å². The van der Waals surface area contributed by atoms with Crippen molar-refractivity contribution in [2.24, 2.45) is 0 Å². The van der Waals surface area contributed by atoms with Crippen LogP contribution in [0.1, 0.15) is 18.6 Å². The van der Waals surface area contributed by atoms with Gasteiger partial charge in [0, 0.05) is 12.2 Å². The molecule has 4 heteroatoms. The monoisotopic (exact) mass is 275 g/mol. The number of nitrogens with one attached hydrogen (secondary N) is 1. The predicted molar refractivity (Wildman–Crippen MR) is 77.5 cm³/mol. The van der Waals surface area contributed by atoms with E-state index in [4.69, 9.17) is 4.74 Å². The average Bonchev–Trinajstić information content (AvgIpc) is 2.46. The number of aliphatic hydroxyl groups is 1. The number of halogens is 1. The zero-order valence-electron chi connectivity index (χ0n) is 11.3. The van der Waals surface area contributed by atoms with Gasteiger partial charge in [0.2, 0.25) is 0 Å². The van der Waals surface area contributed by atoms with Crippen molar-refractivity contribution in [1.29, 1.82) is 0 Å². The van der Waals surface area contributed by atoms with E-state index in [-0.39, 0.29) is 5.82 Å². The van der Waals surface area contributed by atoms with Gasteiger partial charge in [-0.25, -0.2) is 4.39 Å². The van der Waals surface area contributed by atoms with Crippen LogP contribution in [0.4, 0.5) is 10.1 Å². The summed E-state index contributed by atoms with van der Waals surface area (Å²) < 4.78 is 18.4. The van der Waals surface area contributed by atoms with Crippen molar-refractivity contribution in [3.63, 3.8) is 0 Å². The van der Waals surface area contributed by atoms with E-state index in [0.717, 1.165) is 11.4 Å². The molecule has 0 spiro atoms. The van der Waals surface area contributed by atoms with Gasteiger partial charge in [0.25, 0.3) is 0 Å². The van der Waals surface area contributed by atoms with Crippen LogP contribution < -0.4 is 10.1 Å². The van der Waals surface area contributed by atoms with Crippen LogP contribution in [0.3, 0.4) is 0 Å². The molecule has 0 bridgehead atoms. The van der Waals surface area contributed by atoms with Gasteiger partial charge in [-0.1, -0.05) is 12.1 Å². The Morgan fingerprint density at radius 2 is 1.95 bits per heavy atom. The molecule has 0 aliphatic heterocycles. The fourth-order valence-corrected chi connectivity index (χ4v) is 1.88. The quantitative estimate of drug-likeness (QED) is 0.849. The van der Waals surface area contributed by atoms with Gasteiger partial charge >= 0.3 is 0 Å². The van der Waals surface area contributed by atoms with Crippen LogP contribution in [0.5, 0.6) is 5.75 Å². The Morgan fingerprint density at radius 1 is 1.20 bits per heavy atom. The molecule has 20 heavy (non-hydrogen) atoms. The molecule has 3 nitrogen and oxygen atoms in total. The SMILES string of the molecule is CCOc1ccc(NCC(O)c2cccc(F)c2)cc1. The van der Waals surface area contributed by atoms with Crippen molar-refractivity contribution in [2.45, 2.75) is 13.0 Å². The van der Waals surface area contributed by atoms with Gasteiger partial charge in [0.1, 0.15) is 11.6 Å². The lowest BCUT2D eigenvalue weighted by atomic mass is 10.1. The van der Waals surface area contributed by atoms with E-state index in [9.17, 15) is 9.50 Å². The summed E-state index contributed by atoms with van der Waals surface area (Å²) in [4.78, 5) is 0. The Hall–Kier alpha value is -2.07. The molecule has 0 saturated carbocycles. The van der Waals surface area contributed by atoms with E-state index >= 15 is 0 Å². The molecule has 2 aromatic rings. The molecule has 0 amide bonds. The minimum Gasteiger partial charge on any atom is -0.494 e. The molecular formula is C16H18FNO2. The van der Waals surface area contributed by atoms with E-state index in [1.54, 1.807) is 12.1 Å². The minimum absolute atomic E-state index is 0.317. The van der Waals surface area contributed by atoms with Crippen molar-refractivity contribution >= 4 is 5.69 Å². The molecule has 2 aromatic carbocycles. The largest absolute Gasteiger partial charge is 0.494 e. The number of benzene rings is 2. The molecule has 2 N–H and O–H groups in total. The van der Waals surface area contributed by atoms with Crippen LogP contribution >= 0.6 is 0 Å². The molecular weight excluding hydrogens is 257 g/mol. The summed E-state index contributed by atoms with van der Waals surface area (Å²) in [5.41, 5.74) is 1.44. The zero-order valence-corrected chi connectivity index (χ0v) is 11.3. The van der Waals surface area contributed by atoms with Gasteiger partial charge in [-0.2, -0.15) is 0 Å². The Morgan fingerprint density at radius 3 is 2.60 bits per heavy atom. The van der Waals surface area contributed by atoms with Gasteiger partial charge in [0.05, 0.1) is 12.7 Å². The first-order valence-corrected chi connectivity index (χ1v) is 6.59. The second kappa shape index (κ2) is 6.91. The summed E-state index contributed by atoms with van der Waals surface area (Å²) >= 11 is 0. The van der Waals surface area contributed by atoms with Crippen molar-refractivity contribution in [1.82, 2.24) is 0 Å². The van der Waals surface area contributed by atoms with Crippen molar-refractivity contribution in [2.75, 3.05) is 18.5 Å². The Bertz CT molecular complexity index is 542. The maximum Gasteiger partial charge on any atom is 0.123 e. The van der Waals surface area contributed by atoms with Gasteiger partial charge in [-0.15, -0.1) is 0 Å². The topological polar surface area (TPSA) is 41.5 Å². The van der Waals surface area contributed by atoms with Crippen LogP contribution in [-0.4, -0.2) is 18.3 Å². The first-order chi connectivity index (χ1) is 9.69.